The highest BCUT2D eigenvalue weighted by molar-refractivity contribution is 6.09. The van der Waals surface area contributed by atoms with Gasteiger partial charge in [-0.2, -0.15) is 0 Å². The molecule has 4 N–H and O–H groups in total. The summed E-state index contributed by atoms with van der Waals surface area (Å²) in [4.78, 5) is 25.6. The Balaban J connectivity index is 2.85. The number of aromatic nitrogens is 1. The molecule has 0 aliphatic rings. The molecule has 0 amide bonds. The number of pyridine rings is 1. The zero-order chi connectivity index (χ0) is 12.6. The average Bonchev–Trinajstić information content (AvgIpc) is 2.28. The molecule has 2 rings (SSSR count). The summed E-state index contributed by atoms with van der Waals surface area (Å²) < 4.78 is 0. The third-order valence-electron chi connectivity index (χ3n) is 2.40. The SMILES string of the molecule is Nc1c(C(=O)O)cnc2c(C(=O)O)cccc12. The summed E-state index contributed by atoms with van der Waals surface area (Å²) in [5.41, 5.74) is 5.73. The molecule has 1 aromatic carbocycles. The molecule has 1 aromatic heterocycles. The van der Waals surface area contributed by atoms with Crippen molar-refractivity contribution in [3.8, 4) is 0 Å². The minimum Gasteiger partial charge on any atom is -0.478 e. The van der Waals surface area contributed by atoms with Crippen LogP contribution in [0.4, 0.5) is 5.69 Å². The van der Waals surface area contributed by atoms with Gasteiger partial charge in [-0.1, -0.05) is 12.1 Å². The molecule has 6 nitrogen and oxygen atoms in total. The van der Waals surface area contributed by atoms with Crippen LogP contribution >= 0.6 is 0 Å². The minimum atomic E-state index is -1.20. The summed E-state index contributed by atoms with van der Waals surface area (Å²) in [5, 5.41) is 18.1. The fraction of sp³-hybridized carbons (Fsp3) is 0. The lowest BCUT2D eigenvalue weighted by molar-refractivity contribution is 0.0688. The predicted molar refractivity (Wildman–Crippen MR) is 60.1 cm³/mol. The highest BCUT2D eigenvalue weighted by Crippen LogP contribution is 2.25. The van der Waals surface area contributed by atoms with Crippen molar-refractivity contribution in [2.75, 3.05) is 5.73 Å². The normalized spacial score (nSPS) is 10.4. The summed E-state index contributed by atoms with van der Waals surface area (Å²) in [6, 6.07) is 4.42. The van der Waals surface area contributed by atoms with Gasteiger partial charge >= 0.3 is 11.9 Å². The molecule has 1 heterocycles. The molecule has 17 heavy (non-hydrogen) atoms. The number of anilines is 1. The number of aromatic carboxylic acids is 2. The number of nitrogens with zero attached hydrogens (tertiary/aromatic N) is 1. The van der Waals surface area contributed by atoms with Crippen molar-refractivity contribution in [3.05, 3.63) is 35.5 Å². The van der Waals surface area contributed by atoms with Gasteiger partial charge in [0.15, 0.2) is 0 Å². The largest absolute Gasteiger partial charge is 0.478 e. The van der Waals surface area contributed by atoms with Gasteiger partial charge in [0.05, 0.1) is 16.8 Å². The maximum Gasteiger partial charge on any atom is 0.339 e. The van der Waals surface area contributed by atoms with Crippen LogP contribution in [0.25, 0.3) is 10.9 Å². The molecular formula is C11H8N2O4. The third kappa shape index (κ3) is 1.65. The number of hydrogen-bond donors (Lipinski definition) is 3. The Morgan fingerprint density at radius 3 is 2.35 bits per heavy atom. The van der Waals surface area contributed by atoms with Crippen LogP contribution in [0.15, 0.2) is 24.4 Å². The van der Waals surface area contributed by atoms with Crippen LogP contribution in [0.5, 0.6) is 0 Å². The molecule has 0 unspecified atom stereocenters. The maximum atomic E-state index is 10.9. The molecule has 0 radical (unpaired) electrons. The first-order chi connectivity index (χ1) is 8.02. The quantitative estimate of drug-likeness (QED) is 0.717. The number of carboxylic acid groups (broad SMARTS) is 2. The predicted octanol–water partition coefficient (Wildman–Crippen LogP) is 1.21. The highest BCUT2D eigenvalue weighted by Gasteiger charge is 2.15. The van der Waals surface area contributed by atoms with Crippen molar-refractivity contribution >= 4 is 28.5 Å². The highest BCUT2D eigenvalue weighted by atomic mass is 16.4. The van der Waals surface area contributed by atoms with E-state index < -0.39 is 11.9 Å². The molecular weight excluding hydrogens is 224 g/mol. The van der Waals surface area contributed by atoms with E-state index in [2.05, 4.69) is 4.98 Å². The lowest BCUT2D eigenvalue weighted by atomic mass is 10.1. The zero-order valence-electron chi connectivity index (χ0n) is 8.54. The van der Waals surface area contributed by atoms with Crippen LogP contribution in [0, 0.1) is 0 Å². The summed E-state index contributed by atoms with van der Waals surface area (Å²) in [6.07, 6.45) is 1.06. The molecule has 0 fully saturated rings. The smallest absolute Gasteiger partial charge is 0.339 e. The van der Waals surface area contributed by atoms with Crippen molar-refractivity contribution in [1.82, 2.24) is 4.98 Å². The Hall–Kier alpha value is -2.63. The summed E-state index contributed by atoms with van der Waals surface area (Å²) in [5.74, 6) is -2.33. The first-order valence-electron chi connectivity index (χ1n) is 4.66. The molecule has 0 aliphatic heterocycles. The van der Waals surface area contributed by atoms with Crippen LogP contribution in [-0.2, 0) is 0 Å². The van der Waals surface area contributed by atoms with Gasteiger partial charge in [0.1, 0.15) is 5.56 Å². The monoisotopic (exact) mass is 232 g/mol. The summed E-state index contributed by atoms with van der Waals surface area (Å²) >= 11 is 0. The van der Waals surface area contributed by atoms with Crippen LogP contribution in [-0.4, -0.2) is 27.1 Å². The molecule has 0 saturated carbocycles. The topological polar surface area (TPSA) is 114 Å². The Morgan fingerprint density at radius 2 is 1.76 bits per heavy atom. The average molecular weight is 232 g/mol. The lowest BCUT2D eigenvalue weighted by Crippen LogP contribution is -2.06. The molecule has 0 atom stereocenters. The van der Waals surface area contributed by atoms with Gasteiger partial charge in [0.2, 0.25) is 0 Å². The van der Waals surface area contributed by atoms with Gasteiger partial charge in [-0.15, -0.1) is 0 Å². The van der Waals surface area contributed by atoms with Crippen molar-refractivity contribution in [2.24, 2.45) is 0 Å². The van der Waals surface area contributed by atoms with Gasteiger partial charge in [-0.3, -0.25) is 4.98 Å². The second-order valence-corrected chi connectivity index (χ2v) is 3.40. The van der Waals surface area contributed by atoms with Gasteiger partial charge < -0.3 is 15.9 Å². The zero-order valence-corrected chi connectivity index (χ0v) is 8.54. The van der Waals surface area contributed by atoms with E-state index in [0.717, 1.165) is 6.20 Å². The number of fused-ring (bicyclic) bond motifs is 1. The Labute approximate surface area is 95.3 Å². The molecule has 86 valence electrons. The molecule has 0 aliphatic carbocycles. The number of hydrogen-bond acceptors (Lipinski definition) is 4. The third-order valence-corrected chi connectivity index (χ3v) is 2.40. The van der Waals surface area contributed by atoms with E-state index in [9.17, 15) is 9.59 Å². The van der Waals surface area contributed by atoms with E-state index in [1.54, 1.807) is 0 Å². The van der Waals surface area contributed by atoms with E-state index in [1.165, 1.54) is 18.2 Å². The maximum absolute atomic E-state index is 10.9. The van der Waals surface area contributed by atoms with E-state index in [-0.39, 0.29) is 22.3 Å². The van der Waals surface area contributed by atoms with Crippen molar-refractivity contribution < 1.29 is 19.8 Å². The minimum absolute atomic E-state index is 0.00820. The van der Waals surface area contributed by atoms with Crippen molar-refractivity contribution in [3.63, 3.8) is 0 Å². The first-order valence-corrected chi connectivity index (χ1v) is 4.66. The second-order valence-electron chi connectivity index (χ2n) is 3.40. The number of benzene rings is 1. The van der Waals surface area contributed by atoms with Gasteiger partial charge in [-0.25, -0.2) is 9.59 Å². The first kappa shape index (κ1) is 10.9. The van der Waals surface area contributed by atoms with Gasteiger partial charge in [0, 0.05) is 11.6 Å². The number of nitrogens with two attached hydrogens (primary N) is 1. The number of para-hydroxylation sites is 1. The number of nitrogen functional groups attached to an aromatic ring is 1. The van der Waals surface area contributed by atoms with E-state index >= 15 is 0 Å². The summed E-state index contributed by atoms with van der Waals surface area (Å²) in [7, 11) is 0. The number of carboxylic acids is 2. The fourth-order valence-electron chi connectivity index (χ4n) is 1.59. The lowest BCUT2D eigenvalue weighted by Gasteiger charge is -2.06. The van der Waals surface area contributed by atoms with Gasteiger partial charge in [0.25, 0.3) is 0 Å². The fourth-order valence-corrected chi connectivity index (χ4v) is 1.59. The Morgan fingerprint density at radius 1 is 1.12 bits per heavy atom. The molecule has 0 bridgehead atoms. The van der Waals surface area contributed by atoms with Gasteiger partial charge in [-0.05, 0) is 6.07 Å². The van der Waals surface area contributed by atoms with Crippen LogP contribution in [0.2, 0.25) is 0 Å². The molecule has 6 heteroatoms. The van der Waals surface area contributed by atoms with Crippen molar-refractivity contribution in [1.29, 1.82) is 0 Å². The standard InChI is InChI=1S/C11H8N2O4/c12-8-5-2-1-3-6(10(14)15)9(5)13-4-7(8)11(16)17/h1-4H,(H2,12,13)(H,14,15)(H,16,17). The molecule has 2 aromatic rings. The van der Waals surface area contributed by atoms with Crippen LogP contribution < -0.4 is 5.73 Å². The number of carbonyl (C=O) groups is 2. The van der Waals surface area contributed by atoms with E-state index in [1.807, 2.05) is 0 Å². The molecule has 0 spiro atoms. The Kier molecular flexibility index (Phi) is 2.40. The van der Waals surface area contributed by atoms with Crippen LogP contribution in [0.3, 0.4) is 0 Å². The number of rotatable bonds is 2. The van der Waals surface area contributed by atoms with E-state index in [4.69, 9.17) is 15.9 Å². The molecule has 0 saturated heterocycles. The van der Waals surface area contributed by atoms with E-state index in [0.29, 0.717) is 5.39 Å². The Bertz CT molecular complexity index is 637. The van der Waals surface area contributed by atoms with Crippen LogP contribution in [0.1, 0.15) is 20.7 Å². The second kappa shape index (κ2) is 3.75. The summed E-state index contributed by atoms with van der Waals surface area (Å²) in [6.45, 7) is 0. The van der Waals surface area contributed by atoms with Crippen molar-refractivity contribution in [2.45, 2.75) is 0 Å².